The number of halogens is 1. The molecule has 0 aliphatic carbocycles. The lowest BCUT2D eigenvalue weighted by molar-refractivity contribution is -0.384. The van der Waals surface area contributed by atoms with E-state index >= 15 is 0 Å². The van der Waals surface area contributed by atoms with Crippen molar-refractivity contribution in [3.63, 3.8) is 0 Å². The van der Waals surface area contributed by atoms with Crippen LogP contribution in [0.25, 0.3) is 5.69 Å². The van der Waals surface area contributed by atoms with Gasteiger partial charge in [-0.2, -0.15) is 0 Å². The number of aliphatic imine (C=N–C) groups is 1. The molecule has 1 heterocycles. The highest BCUT2D eigenvalue weighted by molar-refractivity contribution is 6.30. The SMILES string of the molecule is CC(C)=C(Cl)/N=C\c1c(C)cc(=O)n(-c2cccc([N+](=O)[O-])c2)c1C. The van der Waals surface area contributed by atoms with Crippen LogP contribution in [0, 0.1) is 24.0 Å². The molecule has 0 bridgehead atoms. The van der Waals surface area contributed by atoms with Crippen LogP contribution in [0.2, 0.25) is 0 Å². The fourth-order valence-corrected chi connectivity index (χ4v) is 2.46. The zero-order valence-electron chi connectivity index (χ0n) is 14.4. The number of aromatic nitrogens is 1. The van der Waals surface area contributed by atoms with E-state index in [-0.39, 0.29) is 11.2 Å². The molecule has 0 atom stereocenters. The van der Waals surface area contributed by atoms with Crippen LogP contribution in [0.1, 0.15) is 30.7 Å². The van der Waals surface area contributed by atoms with E-state index in [1.165, 1.54) is 22.8 Å². The predicted molar refractivity (Wildman–Crippen MR) is 100.0 cm³/mol. The summed E-state index contributed by atoms with van der Waals surface area (Å²) in [7, 11) is 0. The smallest absolute Gasteiger partial charge is 0.271 e. The lowest BCUT2D eigenvalue weighted by atomic mass is 10.1. The van der Waals surface area contributed by atoms with Crippen LogP contribution in [0.5, 0.6) is 0 Å². The van der Waals surface area contributed by atoms with Crippen LogP contribution < -0.4 is 5.56 Å². The van der Waals surface area contributed by atoms with Crippen LogP contribution in [0.15, 0.2) is 50.8 Å². The van der Waals surface area contributed by atoms with Crippen LogP contribution in [0.4, 0.5) is 5.69 Å². The van der Waals surface area contributed by atoms with Crippen molar-refractivity contribution in [1.29, 1.82) is 0 Å². The molecular formula is C18H18ClN3O3. The largest absolute Gasteiger partial charge is 0.281 e. The lowest BCUT2D eigenvalue weighted by Gasteiger charge is -2.14. The number of benzene rings is 1. The van der Waals surface area contributed by atoms with Gasteiger partial charge in [0, 0.05) is 35.7 Å². The van der Waals surface area contributed by atoms with E-state index in [4.69, 9.17) is 11.6 Å². The Bertz CT molecular complexity index is 955. The van der Waals surface area contributed by atoms with Gasteiger partial charge in [0.05, 0.1) is 10.6 Å². The molecule has 0 N–H and O–H groups in total. The van der Waals surface area contributed by atoms with Crippen molar-refractivity contribution in [1.82, 2.24) is 4.57 Å². The quantitative estimate of drug-likeness (QED) is 0.354. The fourth-order valence-electron chi connectivity index (χ4n) is 2.41. The van der Waals surface area contributed by atoms with Crippen LogP contribution in [-0.2, 0) is 0 Å². The minimum atomic E-state index is -0.491. The van der Waals surface area contributed by atoms with Crippen molar-refractivity contribution in [3.8, 4) is 5.69 Å². The number of hydrogen-bond acceptors (Lipinski definition) is 4. The van der Waals surface area contributed by atoms with E-state index in [1.54, 1.807) is 25.3 Å². The molecule has 25 heavy (non-hydrogen) atoms. The first-order valence-electron chi connectivity index (χ1n) is 7.57. The number of rotatable bonds is 4. The van der Waals surface area contributed by atoms with Crippen LogP contribution in [0.3, 0.4) is 0 Å². The van der Waals surface area contributed by atoms with Gasteiger partial charge in [-0.1, -0.05) is 17.7 Å². The van der Waals surface area contributed by atoms with E-state index in [2.05, 4.69) is 4.99 Å². The Hall–Kier alpha value is -2.73. The zero-order chi connectivity index (χ0) is 18.7. The van der Waals surface area contributed by atoms with Crippen molar-refractivity contribution in [2.24, 2.45) is 4.99 Å². The first-order valence-corrected chi connectivity index (χ1v) is 7.95. The Kier molecular flexibility index (Phi) is 5.54. The Balaban J connectivity index is 2.67. The first kappa shape index (κ1) is 18.6. The van der Waals surface area contributed by atoms with E-state index in [0.717, 1.165) is 16.7 Å². The average Bonchev–Trinajstić information content (AvgIpc) is 2.54. The maximum atomic E-state index is 12.5. The van der Waals surface area contributed by atoms with Crippen molar-refractivity contribution >= 4 is 23.5 Å². The number of hydrogen-bond donors (Lipinski definition) is 0. The molecule has 130 valence electrons. The molecule has 0 spiro atoms. The summed E-state index contributed by atoms with van der Waals surface area (Å²) in [5.74, 6) is 0. The van der Waals surface area contributed by atoms with Gasteiger partial charge in [-0.15, -0.1) is 0 Å². The van der Waals surface area contributed by atoms with E-state index in [1.807, 2.05) is 20.8 Å². The fraction of sp³-hybridized carbons (Fsp3) is 0.222. The second-order valence-electron chi connectivity index (χ2n) is 5.83. The molecule has 0 saturated carbocycles. The minimum absolute atomic E-state index is 0.0767. The number of pyridine rings is 1. The number of aryl methyl sites for hydroxylation is 1. The molecule has 0 radical (unpaired) electrons. The molecule has 0 aliphatic heterocycles. The Morgan fingerprint density at radius 2 is 1.96 bits per heavy atom. The van der Waals surface area contributed by atoms with Gasteiger partial charge < -0.3 is 0 Å². The van der Waals surface area contributed by atoms with Gasteiger partial charge in [-0.25, -0.2) is 4.99 Å². The topological polar surface area (TPSA) is 77.5 Å². The molecule has 1 aromatic heterocycles. The highest BCUT2D eigenvalue weighted by Crippen LogP contribution is 2.19. The molecule has 7 heteroatoms. The molecule has 0 saturated heterocycles. The maximum absolute atomic E-state index is 12.5. The Morgan fingerprint density at radius 1 is 1.28 bits per heavy atom. The van der Waals surface area contributed by atoms with Crippen molar-refractivity contribution in [2.45, 2.75) is 27.7 Å². The number of nitro groups is 1. The van der Waals surface area contributed by atoms with E-state index in [0.29, 0.717) is 16.5 Å². The monoisotopic (exact) mass is 359 g/mol. The number of allylic oxidation sites excluding steroid dienone is 1. The number of non-ortho nitro benzene ring substituents is 1. The summed E-state index contributed by atoms with van der Waals surface area (Å²) in [6.07, 6.45) is 1.60. The third-order valence-corrected chi connectivity index (χ3v) is 4.20. The second-order valence-corrected chi connectivity index (χ2v) is 6.18. The summed E-state index contributed by atoms with van der Waals surface area (Å²) in [5.41, 5.74) is 3.09. The predicted octanol–water partition coefficient (Wildman–Crippen LogP) is 4.27. The molecule has 1 aromatic carbocycles. The minimum Gasteiger partial charge on any atom is -0.281 e. The van der Waals surface area contributed by atoms with Gasteiger partial charge in [0.25, 0.3) is 11.2 Å². The van der Waals surface area contributed by atoms with Crippen molar-refractivity contribution in [3.05, 3.63) is 78.4 Å². The molecular weight excluding hydrogens is 342 g/mol. The first-order chi connectivity index (χ1) is 11.7. The van der Waals surface area contributed by atoms with Gasteiger partial charge in [0.2, 0.25) is 0 Å². The third kappa shape index (κ3) is 4.03. The average molecular weight is 360 g/mol. The summed E-state index contributed by atoms with van der Waals surface area (Å²) in [6.45, 7) is 7.28. The normalized spacial score (nSPS) is 10.9. The maximum Gasteiger partial charge on any atom is 0.271 e. The van der Waals surface area contributed by atoms with Crippen LogP contribution in [-0.4, -0.2) is 15.7 Å². The van der Waals surface area contributed by atoms with Gasteiger partial charge in [-0.3, -0.25) is 19.5 Å². The van der Waals surface area contributed by atoms with Crippen molar-refractivity contribution < 1.29 is 4.92 Å². The third-order valence-electron chi connectivity index (χ3n) is 3.73. The molecule has 0 aliphatic rings. The van der Waals surface area contributed by atoms with Gasteiger partial charge in [0.15, 0.2) is 0 Å². The zero-order valence-corrected chi connectivity index (χ0v) is 15.2. The highest BCUT2D eigenvalue weighted by Gasteiger charge is 2.13. The summed E-state index contributed by atoms with van der Waals surface area (Å²) in [5, 5.41) is 11.4. The number of nitro benzene ring substituents is 1. The lowest BCUT2D eigenvalue weighted by Crippen LogP contribution is -2.22. The van der Waals surface area contributed by atoms with E-state index in [9.17, 15) is 14.9 Å². The molecule has 6 nitrogen and oxygen atoms in total. The molecule has 0 amide bonds. The highest BCUT2D eigenvalue weighted by atomic mass is 35.5. The molecule has 2 rings (SSSR count). The second kappa shape index (κ2) is 7.44. The van der Waals surface area contributed by atoms with E-state index < -0.39 is 4.92 Å². The molecule has 2 aromatic rings. The van der Waals surface area contributed by atoms with Gasteiger partial charge >= 0.3 is 0 Å². The van der Waals surface area contributed by atoms with Gasteiger partial charge in [0.1, 0.15) is 5.16 Å². The summed E-state index contributed by atoms with van der Waals surface area (Å²) < 4.78 is 1.43. The summed E-state index contributed by atoms with van der Waals surface area (Å²) >= 11 is 6.05. The Labute approximate surface area is 150 Å². The summed E-state index contributed by atoms with van der Waals surface area (Å²) in [6, 6.07) is 7.43. The van der Waals surface area contributed by atoms with Gasteiger partial charge in [-0.05, 0) is 44.9 Å². The molecule has 0 fully saturated rings. The standard InChI is InChI=1S/C18H18ClN3O3/c1-11(2)18(19)20-10-16-12(3)8-17(23)21(13(16)4)14-6-5-7-15(9-14)22(24)25/h5-10H,1-4H3/b20-10-. The van der Waals surface area contributed by atoms with Crippen LogP contribution >= 0.6 is 11.6 Å². The Morgan fingerprint density at radius 3 is 2.56 bits per heavy atom. The summed E-state index contributed by atoms with van der Waals surface area (Å²) in [4.78, 5) is 27.2. The number of nitrogens with zero attached hydrogens (tertiary/aromatic N) is 3. The van der Waals surface area contributed by atoms with Crippen molar-refractivity contribution in [2.75, 3.05) is 0 Å². The molecule has 0 unspecified atom stereocenters.